The minimum Gasteiger partial charge on any atom is -0.384 e. The highest BCUT2D eigenvalue weighted by molar-refractivity contribution is 6.31. The lowest BCUT2D eigenvalue weighted by molar-refractivity contribution is 0.547. The smallest absolute Gasteiger partial charge is 0.0737 e. The number of nitrogens with zero attached hydrogens (tertiary/aromatic N) is 1. The number of rotatable bonds is 7. The van der Waals surface area contributed by atoms with E-state index >= 15 is 0 Å². The van der Waals surface area contributed by atoms with Gasteiger partial charge in [0.2, 0.25) is 0 Å². The number of hydrogen-bond donors (Lipinski definition) is 2. The molecule has 1 aromatic heterocycles. The van der Waals surface area contributed by atoms with Crippen LogP contribution in [0.3, 0.4) is 0 Å². The van der Waals surface area contributed by atoms with Crippen molar-refractivity contribution in [1.82, 2.24) is 10.3 Å². The summed E-state index contributed by atoms with van der Waals surface area (Å²) in [5.74, 6) is 0.705. The fourth-order valence-electron chi connectivity index (χ4n) is 2.10. The van der Waals surface area contributed by atoms with Crippen LogP contribution in [0.25, 0.3) is 10.9 Å². The van der Waals surface area contributed by atoms with E-state index in [1.165, 1.54) is 0 Å². The monoisotopic (exact) mass is 291 g/mol. The molecule has 0 radical (unpaired) electrons. The number of benzene rings is 1. The fourth-order valence-corrected chi connectivity index (χ4v) is 2.27. The molecule has 1 heterocycles. The van der Waals surface area contributed by atoms with Crippen LogP contribution in [-0.2, 0) is 0 Å². The largest absolute Gasteiger partial charge is 0.384 e. The molecule has 0 fully saturated rings. The normalized spacial score (nSPS) is 11.2. The third kappa shape index (κ3) is 4.36. The predicted octanol–water partition coefficient (Wildman–Crippen LogP) is 3.94. The first-order valence-corrected chi connectivity index (χ1v) is 7.53. The van der Waals surface area contributed by atoms with Gasteiger partial charge in [0.1, 0.15) is 0 Å². The summed E-state index contributed by atoms with van der Waals surface area (Å²) in [4.78, 5) is 4.34. The third-order valence-corrected chi connectivity index (χ3v) is 3.34. The van der Waals surface area contributed by atoms with Crippen LogP contribution < -0.4 is 10.6 Å². The number of pyridine rings is 1. The second kappa shape index (κ2) is 7.46. The molecule has 0 unspecified atom stereocenters. The molecule has 0 aliphatic rings. The molecule has 4 heteroatoms. The molecule has 0 atom stereocenters. The lowest BCUT2D eigenvalue weighted by Crippen LogP contribution is -2.22. The number of halogens is 1. The van der Waals surface area contributed by atoms with Gasteiger partial charge in [-0.25, -0.2) is 0 Å². The molecule has 0 saturated heterocycles. The van der Waals surface area contributed by atoms with Gasteiger partial charge in [-0.2, -0.15) is 0 Å². The van der Waals surface area contributed by atoms with Gasteiger partial charge in [0.05, 0.1) is 5.52 Å². The lowest BCUT2D eigenvalue weighted by atomic mass is 10.2. The second-order valence-electron chi connectivity index (χ2n) is 5.40. The van der Waals surface area contributed by atoms with Crippen molar-refractivity contribution in [2.45, 2.75) is 20.3 Å². The van der Waals surface area contributed by atoms with Crippen molar-refractivity contribution < 1.29 is 0 Å². The van der Waals surface area contributed by atoms with Crippen LogP contribution in [0.2, 0.25) is 5.02 Å². The Morgan fingerprint density at radius 2 is 2.05 bits per heavy atom. The Balaban J connectivity index is 1.87. The molecule has 2 N–H and O–H groups in total. The van der Waals surface area contributed by atoms with E-state index in [0.29, 0.717) is 5.92 Å². The average Bonchev–Trinajstić information content (AvgIpc) is 2.42. The molecule has 2 rings (SSSR count). The van der Waals surface area contributed by atoms with E-state index in [-0.39, 0.29) is 0 Å². The maximum atomic E-state index is 5.99. The maximum Gasteiger partial charge on any atom is 0.0737 e. The van der Waals surface area contributed by atoms with Gasteiger partial charge in [0.25, 0.3) is 0 Å². The summed E-state index contributed by atoms with van der Waals surface area (Å²) < 4.78 is 0. The molecule has 3 nitrogen and oxygen atoms in total. The van der Waals surface area contributed by atoms with E-state index in [1.54, 1.807) is 0 Å². The summed E-state index contributed by atoms with van der Waals surface area (Å²) in [6.45, 7) is 7.52. The van der Waals surface area contributed by atoms with Crippen molar-refractivity contribution in [3.05, 3.63) is 35.5 Å². The van der Waals surface area contributed by atoms with E-state index in [0.717, 1.165) is 47.7 Å². The van der Waals surface area contributed by atoms with Crippen LogP contribution >= 0.6 is 11.6 Å². The summed E-state index contributed by atoms with van der Waals surface area (Å²) in [6, 6.07) is 7.83. The molecule has 0 amide bonds. The first-order valence-electron chi connectivity index (χ1n) is 7.15. The van der Waals surface area contributed by atoms with Crippen molar-refractivity contribution in [1.29, 1.82) is 0 Å². The van der Waals surface area contributed by atoms with Crippen LogP contribution in [-0.4, -0.2) is 24.6 Å². The molecular weight excluding hydrogens is 270 g/mol. The fraction of sp³-hybridized carbons (Fsp3) is 0.438. The summed E-state index contributed by atoms with van der Waals surface area (Å²) in [7, 11) is 0. The Kier molecular flexibility index (Phi) is 5.62. The summed E-state index contributed by atoms with van der Waals surface area (Å²) >= 11 is 5.99. The van der Waals surface area contributed by atoms with E-state index < -0.39 is 0 Å². The molecule has 1 aromatic carbocycles. The van der Waals surface area contributed by atoms with Crippen molar-refractivity contribution in [3.63, 3.8) is 0 Å². The van der Waals surface area contributed by atoms with Crippen LogP contribution in [0.4, 0.5) is 5.69 Å². The van der Waals surface area contributed by atoms with Crippen molar-refractivity contribution in [2.24, 2.45) is 5.92 Å². The maximum absolute atomic E-state index is 5.99. The first kappa shape index (κ1) is 15.1. The molecule has 0 spiro atoms. The summed E-state index contributed by atoms with van der Waals surface area (Å²) in [5, 5.41) is 8.76. The third-order valence-electron chi connectivity index (χ3n) is 3.10. The van der Waals surface area contributed by atoms with Gasteiger partial charge in [0, 0.05) is 28.8 Å². The molecule has 0 aliphatic carbocycles. The molecular formula is C16H22ClN3. The zero-order valence-electron chi connectivity index (χ0n) is 12.1. The Bertz CT molecular complexity index is 554. The number of aromatic nitrogens is 1. The number of fused-ring (bicyclic) bond motifs is 1. The quantitative estimate of drug-likeness (QED) is 0.759. The van der Waals surface area contributed by atoms with Crippen molar-refractivity contribution in [2.75, 3.05) is 25.0 Å². The van der Waals surface area contributed by atoms with E-state index in [1.807, 2.05) is 30.5 Å². The average molecular weight is 292 g/mol. The highest BCUT2D eigenvalue weighted by atomic mass is 35.5. The van der Waals surface area contributed by atoms with E-state index in [9.17, 15) is 0 Å². The minimum absolute atomic E-state index is 0.705. The summed E-state index contributed by atoms with van der Waals surface area (Å²) in [6.07, 6.45) is 2.92. The molecule has 0 bridgehead atoms. The van der Waals surface area contributed by atoms with Crippen LogP contribution in [0.15, 0.2) is 30.5 Å². The SMILES string of the molecule is CC(C)CNCCCNc1ccnc2cc(Cl)ccc12. The number of nitrogens with one attached hydrogen (secondary N) is 2. The standard InChI is InChI=1S/C16H22ClN3/c1-12(2)11-18-7-3-8-19-15-6-9-20-16-10-13(17)4-5-14(15)16/h4-6,9-10,12,18H,3,7-8,11H2,1-2H3,(H,19,20). The zero-order chi connectivity index (χ0) is 14.4. The van der Waals surface area contributed by atoms with Crippen LogP contribution in [0, 0.1) is 5.92 Å². The molecule has 0 aliphatic heterocycles. The Morgan fingerprint density at radius 3 is 2.85 bits per heavy atom. The van der Waals surface area contributed by atoms with Gasteiger partial charge in [-0.3, -0.25) is 4.98 Å². The Morgan fingerprint density at radius 1 is 1.20 bits per heavy atom. The number of hydrogen-bond acceptors (Lipinski definition) is 3. The highest BCUT2D eigenvalue weighted by Crippen LogP contribution is 2.24. The Labute approximate surface area is 125 Å². The number of anilines is 1. The van der Waals surface area contributed by atoms with Gasteiger partial charge in [-0.1, -0.05) is 25.4 Å². The van der Waals surface area contributed by atoms with Gasteiger partial charge in [0.15, 0.2) is 0 Å². The van der Waals surface area contributed by atoms with Gasteiger partial charge in [-0.15, -0.1) is 0 Å². The van der Waals surface area contributed by atoms with Gasteiger partial charge in [-0.05, 0) is 49.7 Å². The minimum atomic E-state index is 0.705. The highest BCUT2D eigenvalue weighted by Gasteiger charge is 2.02. The van der Waals surface area contributed by atoms with E-state index in [2.05, 4.69) is 29.5 Å². The topological polar surface area (TPSA) is 37.0 Å². The predicted molar refractivity (Wildman–Crippen MR) is 87.6 cm³/mol. The zero-order valence-corrected chi connectivity index (χ0v) is 12.9. The van der Waals surface area contributed by atoms with E-state index in [4.69, 9.17) is 11.6 Å². The van der Waals surface area contributed by atoms with Crippen molar-refractivity contribution >= 4 is 28.2 Å². The van der Waals surface area contributed by atoms with Gasteiger partial charge < -0.3 is 10.6 Å². The van der Waals surface area contributed by atoms with Crippen molar-refractivity contribution in [3.8, 4) is 0 Å². The molecule has 108 valence electrons. The molecule has 20 heavy (non-hydrogen) atoms. The summed E-state index contributed by atoms with van der Waals surface area (Å²) in [5.41, 5.74) is 2.05. The first-order chi connectivity index (χ1) is 9.66. The van der Waals surface area contributed by atoms with Crippen LogP contribution in [0.1, 0.15) is 20.3 Å². The second-order valence-corrected chi connectivity index (χ2v) is 5.83. The van der Waals surface area contributed by atoms with Crippen LogP contribution in [0.5, 0.6) is 0 Å². The molecule has 0 saturated carbocycles. The molecule has 2 aromatic rings. The Hall–Kier alpha value is -1.32. The lowest BCUT2D eigenvalue weighted by Gasteiger charge is -2.10. The van der Waals surface area contributed by atoms with Gasteiger partial charge >= 0.3 is 0 Å².